The summed E-state index contributed by atoms with van der Waals surface area (Å²) in [6.07, 6.45) is 3.92. The number of carbonyl (C=O) groups excluding carboxylic acids is 1. The van der Waals surface area contributed by atoms with E-state index < -0.39 is 11.3 Å². The molecule has 20 heavy (non-hydrogen) atoms. The maximum atomic E-state index is 11.6. The molecule has 108 valence electrons. The van der Waals surface area contributed by atoms with Crippen LogP contribution < -0.4 is 5.32 Å². The molecule has 0 atom stereocenters. The number of aldehydes is 1. The number of hydrogen-bond acceptors (Lipinski definition) is 4. The van der Waals surface area contributed by atoms with Crippen LogP contribution in [0.4, 0.5) is 5.69 Å². The van der Waals surface area contributed by atoms with Crippen LogP contribution in [0.1, 0.15) is 25.7 Å². The van der Waals surface area contributed by atoms with Crippen molar-refractivity contribution < 1.29 is 14.3 Å². The molecular formula is C15H18ClNO3. The van der Waals surface area contributed by atoms with Gasteiger partial charge in [-0.2, -0.15) is 0 Å². The first-order valence-electron chi connectivity index (χ1n) is 6.93. The van der Waals surface area contributed by atoms with E-state index >= 15 is 0 Å². The van der Waals surface area contributed by atoms with Crippen LogP contribution in [0, 0.1) is 0 Å². The van der Waals surface area contributed by atoms with E-state index in [-0.39, 0.29) is 0 Å². The molecule has 1 aliphatic heterocycles. The topological polar surface area (TPSA) is 47.6 Å². The van der Waals surface area contributed by atoms with E-state index in [0.717, 1.165) is 24.8 Å². The van der Waals surface area contributed by atoms with Gasteiger partial charge in [0.1, 0.15) is 6.29 Å². The van der Waals surface area contributed by atoms with Crippen molar-refractivity contribution in [3.63, 3.8) is 0 Å². The molecule has 4 nitrogen and oxygen atoms in total. The van der Waals surface area contributed by atoms with Crippen molar-refractivity contribution >= 4 is 23.6 Å². The summed E-state index contributed by atoms with van der Waals surface area (Å²) in [6.45, 7) is 1.30. The van der Waals surface area contributed by atoms with Crippen LogP contribution in [0.5, 0.6) is 0 Å². The van der Waals surface area contributed by atoms with E-state index in [2.05, 4.69) is 5.32 Å². The second-order valence-corrected chi connectivity index (χ2v) is 5.95. The Morgan fingerprint density at radius 3 is 2.20 bits per heavy atom. The van der Waals surface area contributed by atoms with Crippen molar-refractivity contribution in [2.24, 2.45) is 0 Å². The Bertz CT molecular complexity index is 472. The molecule has 0 amide bonds. The van der Waals surface area contributed by atoms with Gasteiger partial charge in [-0.1, -0.05) is 11.6 Å². The maximum Gasteiger partial charge on any atom is 0.168 e. The number of hydrogen-bond donors (Lipinski definition) is 1. The maximum absolute atomic E-state index is 11.6. The Balaban J connectivity index is 1.70. The smallest absolute Gasteiger partial charge is 0.168 e. The lowest BCUT2D eigenvalue weighted by atomic mass is 9.79. The van der Waals surface area contributed by atoms with E-state index in [1.807, 2.05) is 24.3 Å². The van der Waals surface area contributed by atoms with Gasteiger partial charge < -0.3 is 19.6 Å². The van der Waals surface area contributed by atoms with Gasteiger partial charge in [-0.3, -0.25) is 0 Å². The summed E-state index contributed by atoms with van der Waals surface area (Å²) >= 11 is 5.87. The fourth-order valence-corrected chi connectivity index (χ4v) is 3.08. The Morgan fingerprint density at radius 2 is 1.65 bits per heavy atom. The third kappa shape index (κ3) is 2.68. The first-order valence-corrected chi connectivity index (χ1v) is 7.31. The molecule has 5 heteroatoms. The average molecular weight is 296 g/mol. The molecule has 2 aliphatic rings. The quantitative estimate of drug-likeness (QED) is 0.871. The SMILES string of the molecule is O=CC1(Nc2ccc(Cl)cc2)CCC2(CC1)OCCO2. The summed E-state index contributed by atoms with van der Waals surface area (Å²) in [6, 6.07) is 7.41. The standard InChI is InChI=1S/C15H18ClNO3/c16-12-1-3-13(4-2-12)17-14(11-18)5-7-15(8-6-14)19-9-10-20-15/h1-4,11,17H,5-10H2. The normalized spacial score (nSPS) is 23.6. The van der Waals surface area contributed by atoms with Crippen molar-refractivity contribution in [2.45, 2.75) is 37.0 Å². The fourth-order valence-electron chi connectivity index (χ4n) is 2.96. The van der Waals surface area contributed by atoms with E-state index in [1.54, 1.807) is 0 Å². The highest BCUT2D eigenvalue weighted by atomic mass is 35.5. The van der Waals surface area contributed by atoms with Crippen LogP contribution in [0.2, 0.25) is 5.02 Å². The average Bonchev–Trinajstić information content (AvgIpc) is 2.93. The number of benzene rings is 1. The predicted octanol–water partition coefficient (Wildman–Crippen LogP) is 3.01. The van der Waals surface area contributed by atoms with E-state index in [9.17, 15) is 4.79 Å². The van der Waals surface area contributed by atoms with Gasteiger partial charge in [-0.05, 0) is 37.1 Å². The molecule has 1 aliphatic carbocycles. The van der Waals surface area contributed by atoms with Crippen molar-refractivity contribution in [3.05, 3.63) is 29.3 Å². The molecule has 1 aromatic carbocycles. The molecule has 0 bridgehead atoms. The Morgan fingerprint density at radius 1 is 1.05 bits per heavy atom. The monoisotopic (exact) mass is 295 g/mol. The third-order valence-electron chi connectivity index (χ3n) is 4.18. The van der Waals surface area contributed by atoms with Gasteiger partial charge in [-0.15, -0.1) is 0 Å². The molecule has 1 N–H and O–H groups in total. The zero-order chi connectivity index (χ0) is 14.1. The van der Waals surface area contributed by atoms with Crippen LogP contribution in [0.3, 0.4) is 0 Å². The van der Waals surface area contributed by atoms with Crippen LogP contribution in [0.25, 0.3) is 0 Å². The molecule has 2 fully saturated rings. The summed E-state index contributed by atoms with van der Waals surface area (Å²) in [7, 11) is 0. The molecule has 1 saturated heterocycles. The lowest BCUT2D eigenvalue weighted by Gasteiger charge is -2.41. The molecule has 1 spiro atoms. The Kier molecular flexibility index (Phi) is 3.71. The van der Waals surface area contributed by atoms with Gasteiger partial charge in [0.25, 0.3) is 0 Å². The first kappa shape index (κ1) is 13.9. The number of anilines is 1. The Labute approximate surface area is 123 Å². The minimum atomic E-state index is -0.533. The number of ether oxygens (including phenoxy) is 2. The fraction of sp³-hybridized carbons (Fsp3) is 0.533. The van der Waals surface area contributed by atoms with Gasteiger partial charge in [0.05, 0.1) is 18.8 Å². The van der Waals surface area contributed by atoms with Gasteiger partial charge in [0.15, 0.2) is 5.79 Å². The Hall–Kier alpha value is -1.10. The largest absolute Gasteiger partial charge is 0.373 e. The lowest BCUT2D eigenvalue weighted by Crippen LogP contribution is -2.49. The van der Waals surface area contributed by atoms with E-state index in [0.29, 0.717) is 31.1 Å². The minimum absolute atomic E-state index is 0.450. The number of halogens is 1. The van der Waals surface area contributed by atoms with Crippen LogP contribution in [-0.2, 0) is 14.3 Å². The molecular weight excluding hydrogens is 278 g/mol. The van der Waals surface area contributed by atoms with Crippen molar-refractivity contribution in [1.29, 1.82) is 0 Å². The molecule has 1 heterocycles. The first-order chi connectivity index (χ1) is 9.65. The number of nitrogens with one attached hydrogen (secondary N) is 1. The summed E-state index contributed by atoms with van der Waals surface area (Å²) in [4.78, 5) is 11.6. The molecule has 0 unspecified atom stereocenters. The second kappa shape index (κ2) is 5.35. The zero-order valence-corrected chi connectivity index (χ0v) is 12.0. The highest BCUT2D eigenvalue weighted by Crippen LogP contribution is 2.40. The minimum Gasteiger partial charge on any atom is -0.373 e. The number of rotatable bonds is 3. The summed E-state index contributed by atoms with van der Waals surface area (Å²) in [5.41, 5.74) is 0.375. The van der Waals surface area contributed by atoms with Crippen molar-refractivity contribution in [2.75, 3.05) is 18.5 Å². The molecule has 0 aromatic heterocycles. The van der Waals surface area contributed by atoms with E-state index in [1.165, 1.54) is 0 Å². The van der Waals surface area contributed by atoms with Crippen LogP contribution in [-0.4, -0.2) is 30.8 Å². The predicted molar refractivity (Wildman–Crippen MR) is 77.0 cm³/mol. The van der Waals surface area contributed by atoms with Gasteiger partial charge in [0, 0.05) is 23.6 Å². The summed E-state index contributed by atoms with van der Waals surface area (Å²) in [5, 5.41) is 4.03. The van der Waals surface area contributed by atoms with Crippen LogP contribution in [0.15, 0.2) is 24.3 Å². The van der Waals surface area contributed by atoms with Crippen LogP contribution >= 0.6 is 11.6 Å². The molecule has 1 saturated carbocycles. The zero-order valence-electron chi connectivity index (χ0n) is 11.2. The lowest BCUT2D eigenvalue weighted by molar-refractivity contribution is -0.182. The molecule has 3 rings (SSSR count). The van der Waals surface area contributed by atoms with Gasteiger partial charge in [0.2, 0.25) is 0 Å². The molecule has 1 aromatic rings. The third-order valence-corrected chi connectivity index (χ3v) is 4.43. The summed E-state index contributed by atoms with van der Waals surface area (Å²) in [5.74, 6) is -0.450. The highest BCUT2D eigenvalue weighted by Gasteiger charge is 2.46. The summed E-state index contributed by atoms with van der Waals surface area (Å²) < 4.78 is 11.4. The van der Waals surface area contributed by atoms with Crippen molar-refractivity contribution in [3.8, 4) is 0 Å². The van der Waals surface area contributed by atoms with E-state index in [4.69, 9.17) is 21.1 Å². The van der Waals surface area contributed by atoms with Crippen molar-refractivity contribution in [1.82, 2.24) is 0 Å². The second-order valence-electron chi connectivity index (χ2n) is 5.51. The van der Waals surface area contributed by atoms with Gasteiger partial charge >= 0.3 is 0 Å². The highest BCUT2D eigenvalue weighted by molar-refractivity contribution is 6.30. The molecule has 0 radical (unpaired) electrons. The number of carbonyl (C=O) groups is 1. The van der Waals surface area contributed by atoms with Gasteiger partial charge in [-0.25, -0.2) is 0 Å².